The number of hydrogen-bond acceptors (Lipinski definition) is 7. The highest BCUT2D eigenvalue weighted by molar-refractivity contribution is 5.74. The first-order chi connectivity index (χ1) is 6.22. The Hall–Kier alpha value is -1.92. The number of hydrogen-bond donors (Lipinski definition) is 3. The average molecular weight is 182 g/mol. The van der Waals surface area contributed by atoms with E-state index in [1.807, 2.05) is 0 Å². The molecule has 4 N–H and O–H groups in total. The Balaban J connectivity index is 3.33. The third kappa shape index (κ3) is 1.63. The molecule has 0 saturated heterocycles. The molecule has 70 valence electrons. The third-order valence-electron chi connectivity index (χ3n) is 1.47. The van der Waals surface area contributed by atoms with Gasteiger partial charge in [-0.1, -0.05) is 0 Å². The molecule has 0 aliphatic rings. The van der Waals surface area contributed by atoms with Crippen LogP contribution in [0.25, 0.3) is 0 Å². The topological polar surface area (TPSA) is 105 Å². The highest BCUT2D eigenvalue weighted by Crippen LogP contribution is 2.30. The Morgan fingerprint density at radius 3 is 2.00 bits per heavy atom. The monoisotopic (exact) mass is 182 g/mol. The molecule has 0 bridgehead atoms. The summed E-state index contributed by atoms with van der Waals surface area (Å²) in [5, 5.41) is 8.19. The summed E-state index contributed by atoms with van der Waals surface area (Å²) in [5.74, 6) is 0.708. The molecular formula is C6H10N6O. The fourth-order valence-electron chi connectivity index (χ4n) is 0.907. The number of nitrogens with two attached hydrogens (primary N) is 1. The second-order valence-electron chi connectivity index (χ2n) is 2.22. The fraction of sp³-hybridized carbons (Fsp3) is 0.333. The normalized spacial score (nSPS) is 9.38. The zero-order valence-corrected chi connectivity index (χ0v) is 7.33. The van der Waals surface area contributed by atoms with Crippen LogP contribution in [-0.2, 0) is 0 Å². The van der Waals surface area contributed by atoms with E-state index < -0.39 is 0 Å². The number of aromatic nitrogens is 2. The van der Waals surface area contributed by atoms with Crippen molar-refractivity contribution in [1.29, 1.82) is 0 Å². The quantitative estimate of drug-likeness (QED) is 0.589. The predicted octanol–water partition coefficient (Wildman–Crippen LogP) is 0.540. The van der Waals surface area contributed by atoms with Crippen LogP contribution in [0.15, 0.2) is 5.18 Å². The largest absolute Gasteiger partial charge is 0.371 e. The smallest absolute Gasteiger partial charge is 0.224 e. The van der Waals surface area contributed by atoms with Crippen LogP contribution >= 0.6 is 0 Å². The van der Waals surface area contributed by atoms with Crippen LogP contribution in [0, 0.1) is 4.91 Å². The van der Waals surface area contributed by atoms with Gasteiger partial charge in [-0.2, -0.15) is 9.97 Å². The van der Waals surface area contributed by atoms with Crippen molar-refractivity contribution in [1.82, 2.24) is 9.97 Å². The lowest BCUT2D eigenvalue weighted by Gasteiger charge is -2.06. The predicted molar refractivity (Wildman–Crippen MR) is 51.0 cm³/mol. The van der Waals surface area contributed by atoms with Crippen molar-refractivity contribution in [3.63, 3.8) is 0 Å². The Morgan fingerprint density at radius 2 is 1.69 bits per heavy atom. The van der Waals surface area contributed by atoms with Gasteiger partial charge in [0.05, 0.1) is 0 Å². The van der Waals surface area contributed by atoms with Gasteiger partial charge in [-0.05, 0) is 5.18 Å². The maximum atomic E-state index is 10.4. The molecule has 7 heteroatoms. The molecule has 13 heavy (non-hydrogen) atoms. The summed E-state index contributed by atoms with van der Waals surface area (Å²) < 4.78 is 0. The van der Waals surface area contributed by atoms with Gasteiger partial charge in [0, 0.05) is 14.1 Å². The number of nitrogens with one attached hydrogen (secondary N) is 2. The van der Waals surface area contributed by atoms with E-state index in [0.717, 1.165) is 0 Å². The molecule has 0 spiro atoms. The lowest BCUT2D eigenvalue weighted by molar-refractivity contribution is 1.16. The van der Waals surface area contributed by atoms with Crippen molar-refractivity contribution in [3.05, 3.63) is 4.91 Å². The van der Waals surface area contributed by atoms with E-state index in [-0.39, 0.29) is 11.6 Å². The molecule has 0 aliphatic carbocycles. The van der Waals surface area contributed by atoms with Crippen molar-refractivity contribution in [2.75, 3.05) is 30.5 Å². The van der Waals surface area contributed by atoms with Crippen LogP contribution < -0.4 is 16.4 Å². The van der Waals surface area contributed by atoms with Crippen LogP contribution in [0.2, 0.25) is 0 Å². The molecule has 1 aromatic heterocycles. The molecule has 0 aliphatic heterocycles. The van der Waals surface area contributed by atoms with Crippen LogP contribution in [0.4, 0.5) is 23.3 Å². The summed E-state index contributed by atoms with van der Waals surface area (Å²) in [6.07, 6.45) is 0. The molecule has 0 unspecified atom stereocenters. The summed E-state index contributed by atoms with van der Waals surface area (Å²) >= 11 is 0. The van der Waals surface area contributed by atoms with E-state index in [1.165, 1.54) is 0 Å². The fourth-order valence-corrected chi connectivity index (χ4v) is 0.907. The Labute approximate surface area is 74.7 Å². The number of nitrogen functional groups attached to an aromatic ring is 1. The van der Waals surface area contributed by atoms with Crippen molar-refractivity contribution in [2.24, 2.45) is 5.18 Å². The molecule has 0 aromatic carbocycles. The Bertz CT molecular complexity index is 300. The zero-order chi connectivity index (χ0) is 9.84. The molecular weight excluding hydrogens is 172 g/mol. The van der Waals surface area contributed by atoms with Gasteiger partial charge in [-0.25, -0.2) is 0 Å². The van der Waals surface area contributed by atoms with Crippen molar-refractivity contribution in [3.8, 4) is 0 Å². The van der Waals surface area contributed by atoms with E-state index in [2.05, 4.69) is 25.8 Å². The van der Waals surface area contributed by atoms with Gasteiger partial charge in [-0.3, -0.25) is 0 Å². The highest BCUT2D eigenvalue weighted by atomic mass is 16.3. The number of nitrogens with zero attached hydrogens (tertiary/aromatic N) is 3. The van der Waals surface area contributed by atoms with Gasteiger partial charge in [-0.15, -0.1) is 4.91 Å². The molecule has 0 amide bonds. The molecule has 1 aromatic rings. The zero-order valence-electron chi connectivity index (χ0n) is 7.33. The first-order valence-electron chi connectivity index (χ1n) is 3.59. The SMILES string of the molecule is CNc1nc(N)nc(NC)c1N=O. The summed E-state index contributed by atoms with van der Waals surface area (Å²) in [7, 11) is 3.24. The van der Waals surface area contributed by atoms with Crippen molar-refractivity contribution in [2.45, 2.75) is 0 Å². The lowest BCUT2D eigenvalue weighted by Crippen LogP contribution is -2.04. The number of rotatable bonds is 3. The lowest BCUT2D eigenvalue weighted by atomic mass is 10.4. The summed E-state index contributed by atoms with van der Waals surface area (Å²) in [4.78, 5) is 18.0. The van der Waals surface area contributed by atoms with Gasteiger partial charge < -0.3 is 16.4 Å². The molecule has 0 fully saturated rings. The Morgan fingerprint density at radius 1 is 1.23 bits per heavy atom. The first kappa shape index (κ1) is 9.17. The summed E-state index contributed by atoms with van der Waals surface area (Å²) in [6.45, 7) is 0. The molecule has 0 radical (unpaired) electrons. The van der Waals surface area contributed by atoms with Crippen LogP contribution in [0.5, 0.6) is 0 Å². The molecule has 7 nitrogen and oxygen atoms in total. The van der Waals surface area contributed by atoms with E-state index in [4.69, 9.17) is 5.73 Å². The molecule has 0 saturated carbocycles. The summed E-state index contributed by atoms with van der Waals surface area (Å²) in [5.41, 5.74) is 5.51. The standard InChI is InChI=1S/C6H10N6O/c1-8-4-3(12-13)5(9-2)11-6(7)10-4/h1-2H3,(H4,7,8,9,10,11). The van der Waals surface area contributed by atoms with Crippen molar-refractivity contribution < 1.29 is 0 Å². The highest BCUT2D eigenvalue weighted by Gasteiger charge is 2.11. The molecule has 0 atom stereocenters. The van der Waals surface area contributed by atoms with E-state index >= 15 is 0 Å². The van der Waals surface area contributed by atoms with E-state index in [9.17, 15) is 4.91 Å². The van der Waals surface area contributed by atoms with Crippen LogP contribution in [0.1, 0.15) is 0 Å². The van der Waals surface area contributed by atoms with Gasteiger partial charge in [0.2, 0.25) is 5.95 Å². The van der Waals surface area contributed by atoms with Gasteiger partial charge >= 0.3 is 0 Å². The van der Waals surface area contributed by atoms with Crippen LogP contribution in [-0.4, -0.2) is 24.1 Å². The van der Waals surface area contributed by atoms with E-state index in [1.54, 1.807) is 14.1 Å². The molecule has 1 rings (SSSR count). The minimum absolute atomic E-state index is 0.0844. The van der Waals surface area contributed by atoms with Crippen molar-refractivity contribution >= 4 is 23.3 Å². The second-order valence-corrected chi connectivity index (χ2v) is 2.22. The maximum absolute atomic E-state index is 10.4. The number of anilines is 3. The minimum atomic E-state index is 0.0844. The van der Waals surface area contributed by atoms with Gasteiger partial charge in [0.1, 0.15) is 0 Å². The van der Waals surface area contributed by atoms with Gasteiger partial charge in [0.15, 0.2) is 17.3 Å². The number of nitroso groups, excluding NO2 is 1. The Kier molecular flexibility index (Phi) is 2.58. The maximum Gasteiger partial charge on any atom is 0.224 e. The molecule has 1 heterocycles. The van der Waals surface area contributed by atoms with Gasteiger partial charge in [0.25, 0.3) is 0 Å². The minimum Gasteiger partial charge on any atom is -0.371 e. The van der Waals surface area contributed by atoms with E-state index in [0.29, 0.717) is 11.6 Å². The summed E-state index contributed by atoms with van der Waals surface area (Å²) in [6, 6.07) is 0. The third-order valence-corrected chi connectivity index (χ3v) is 1.47. The average Bonchev–Trinajstić information content (AvgIpc) is 2.16. The first-order valence-corrected chi connectivity index (χ1v) is 3.59. The van der Waals surface area contributed by atoms with Crippen LogP contribution in [0.3, 0.4) is 0 Å². The second kappa shape index (κ2) is 3.65.